The van der Waals surface area contributed by atoms with Crippen LogP contribution >= 0.6 is 0 Å². The molecular formula is C34H39NO5. The molecule has 0 radical (unpaired) electrons. The van der Waals surface area contributed by atoms with E-state index >= 15 is 0 Å². The highest BCUT2D eigenvalue weighted by atomic mass is 16.5. The molecule has 4 rings (SSSR count). The van der Waals surface area contributed by atoms with Crippen LogP contribution in [0.5, 0.6) is 11.5 Å². The SMILES string of the molecule is CCOc1ccc(N2C(=O)C(=O)/C(=C(\O)c3ccc(OCC(C)C)c(C)c3)C2c2ccc(C(C)(C)C)cc2)cc1. The van der Waals surface area contributed by atoms with Gasteiger partial charge in [0, 0.05) is 11.3 Å². The van der Waals surface area contributed by atoms with Crippen molar-refractivity contribution in [2.75, 3.05) is 18.1 Å². The number of carbonyl (C=O) groups is 2. The van der Waals surface area contributed by atoms with Crippen molar-refractivity contribution in [3.63, 3.8) is 0 Å². The molecule has 0 aromatic heterocycles. The molecule has 1 aliphatic heterocycles. The van der Waals surface area contributed by atoms with Gasteiger partial charge in [0.05, 0.1) is 24.8 Å². The van der Waals surface area contributed by atoms with Crippen LogP contribution in [0.4, 0.5) is 5.69 Å². The summed E-state index contributed by atoms with van der Waals surface area (Å²) in [6, 6.07) is 19.5. The van der Waals surface area contributed by atoms with E-state index in [0.29, 0.717) is 36.1 Å². The second-order valence-electron chi connectivity index (χ2n) is 11.7. The number of amides is 1. The lowest BCUT2D eigenvalue weighted by Crippen LogP contribution is -2.29. The molecule has 1 unspecified atom stereocenters. The molecule has 0 aliphatic carbocycles. The second kappa shape index (κ2) is 11.6. The molecule has 0 bridgehead atoms. The van der Waals surface area contributed by atoms with Crippen molar-refractivity contribution in [3.8, 4) is 11.5 Å². The van der Waals surface area contributed by atoms with E-state index < -0.39 is 17.7 Å². The zero-order valence-corrected chi connectivity index (χ0v) is 24.4. The van der Waals surface area contributed by atoms with Gasteiger partial charge < -0.3 is 14.6 Å². The minimum Gasteiger partial charge on any atom is -0.507 e. The number of aryl methyl sites for hydroxylation is 1. The van der Waals surface area contributed by atoms with E-state index in [9.17, 15) is 14.7 Å². The Hall–Kier alpha value is -4.06. The number of nitrogens with zero attached hydrogens (tertiary/aromatic N) is 1. The van der Waals surface area contributed by atoms with Gasteiger partial charge in [-0.1, -0.05) is 58.9 Å². The molecule has 1 amide bonds. The Kier molecular flexibility index (Phi) is 8.38. The fraction of sp³-hybridized carbons (Fsp3) is 0.353. The highest BCUT2D eigenvalue weighted by Gasteiger charge is 2.47. The van der Waals surface area contributed by atoms with Gasteiger partial charge in [-0.25, -0.2) is 0 Å². The Morgan fingerprint density at radius 1 is 0.950 bits per heavy atom. The van der Waals surface area contributed by atoms with Gasteiger partial charge >= 0.3 is 0 Å². The number of rotatable bonds is 8. The normalized spacial score (nSPS) is 17.0. The summed E-state index contributed by atoms with van der Waals surface area (Å²) in [6.07, 6.45) is 0. The topological polar surface area (TPSA) is 76.1 Å². The zero-order valence-electron chi connectivity index (χ0n) is 24.4. The molecule has 1 saturated heterocycles. The van der Waals surface area contributed by atoms with E-state index in [1.54, 1.807) is 42.5 Å². The predicted molar refractivity (Wildman–Crippen MR) is 159 cm³/mol. The molecule has 0 saturated carbocycles. The lowest BCUT2D eigenvalue weighted by atomic mass is 9.85. The van der Waals surface area contributed by atoms with E-state index in [-0.39, 0.29) is 16.7 Å². The van der Waals surface area contributed by atoms with Crippen LogP contribution in [-0.2, 0) is 15.0 Å². The number of hydrogen-bond donors (Lipinski definition) is 1. The van der Waals surface area contributed by atoms with Gasteiger partial charge in [0.25, 0.3) is 11.7 Å². The first kappa shape index (κ1) is 28.9. The van der Waals surface area contributed by atoms with E-state index in [1.807, 2.05) is 38.1 Å². The summed E-state index contributed by atoms with van der Waals surface area (Å²) in [5, 5.41) is 11.6. The summed E-state index contributed by atoms with van der Waals surface area (Å²) in [4.78, 5) is 28.5. The van der Waals surface area contributed by atoms with Gasteiger partial charge in [0.1, 0.15) is 17.3 Å². The second-order valence-corrected chi connectivity index (χ2v) is 11.7. The van der Waals surface area contributed by atoms with Crippen molar-refractivity contribution in [2.24, 2.45) is 5.92 Å². The van der Waals surface area contributed by atoms with Crippen LogP contribution < -0.4 is 14.4 Å². The van der Waals surface area contributed by atoms with Crippen LogP contribution in [0.15, 0.2) is 72.3 Å². The Morgan fingerprint density at radius 2 is 1.60 bits per heavy atom. The maximum Gasteiger partial charge on any atom is 0.300 e. The number of ether oxygens (including phenoxy) is 2. The first-order chi connectivity index (χ1) is 18.9. The van der Waals surface area contributed by atoms with Crippen molar-refractivity contribution < 1.29 is 24.2 Å². The molecule has 3 aromatic carbocycles. The van der Waals surface area contributed by atoms with Crippen molar-refractivity contribution in [2.45, 2.75) is 59.9 Å². The Morgan fingerprint density at radius 3 is 2.15 bits per heavy atom. The standard InChI is InChI=1S/C34H39NO5/c1-8-39-27-16-14-26(15-17-27)35-30(23-9-12-25(13-10-23)34(5,6)7)29(32(37)33(35)38)31(36)24-11-18-28(22(4)19-24)40-20-21(2)3/h9-19,21,30,36H,8,20H2,1-7H3/b31-29-. The summed E-state index contributed by atoms with van der Waals surface area (Å²) in [6.45, 7) is 15.4. The lowest BCUT2D eigenvalue weighted by Gasteiger charge is -2.27. The Balaban J connectivity index is 1.84. The number of aliphatic hydroxyl groups excluding tert-OH is 1. The average molecular weight is 542 g/mol. The largest absolute Gasteiger partial charge is 0.507 e. The quantitative estimate of drug-likeness (QED) is 0.183. The van der Waals surface area contributed by atoms with Crippen molar-refractivity contribution >= 4 is 23.1 Å². The molecular weight excluding hydrogens is 502 g/mol. The van der Waals surface area contributed by atoms with Gasteiger partial charge in [-0.05, 0) is 84.3 Å². The van der Waals surface area contributed by atoms with Crippen molar-refractivity contribution in [1.82, 2.24) is 0 Å². The molecule has 40 heavy (non-hydrogen) atoms. The van der Waals surface area contributed by atoms with E-state index in [4.69, 9.17) is 9.47 Å². The van der Waals surface area contributed by atoms with Gasteiger partial charge in [-0.2, -0.15) is 0 Å². The Bertz CT molecular complexity index is 1410. The van der Waals surface area contributed by atoms with Crippen molar-refractivity contribution in [3.05, 3.63) is 94.6 Å². The number of Topliss-reactive ketones (excluding diaryl/α,β-unsaturated/α-hetero) is 1. The third kappa shape index (κ3) is 5.91. The number of aliphatic hydroxyl groups is 1. The van der Waals surface area contributed by atoms with Crippen LogP contribution in [-0.4, -0.2) is 30.0 Å². The summed E-state index contributed by atoms with van der Waals surface area (Å²) in [5.41, 5.74) is 3.68. The lowest BCUT2D eigenvalue weighted by molar-refractivity contribution is -0.132. The highest BCUT2D eigenvalue weighted by Crippen LogP contribution is 2.43. The number of ketones is 1. The predicted octanol–water partition coefficient (Wildman–Crippen LogP) is 7.35. The number of carbonyl (C=O) groups excluding carboxylic acids is 2. The minimum atomic E-state index is -0.802. The number of hydrogen-bond acceptors (Lipinski definition) is 5. The van der Waals surface area contributed by atoms with E-state index in [0.717, 1.165) is 22.4 Å². The molecule has 3 aromatic rings. The molecule has 1 atom stereocenters. The van der Waals surface area contributed by atoms with E-state index in [2.05, 4.69) is 34.6 Å². The number of anilines is 1. The van der Waals surface area contributed by atoms with Crippen LogP contribution in [0.2, 0.25) is 0 Å². The monoisotopic (exact) mass is 541 g/mol. The van der Waals surface area contributed by atoms with Crippen LogP contribution in [0.3, 0.4) is 0 Å². The summed E-state index contributed by atoms with van der Waals surface area (Å²) < 4.78 is 11.5. The van der Waals surface area contributed by atoms with Crippen molar-refractivity contribution in [1.29, 1.82) is 0 Å². The van der Waals surface area contributed by atoms with Gasteiger partial charge in [0.15, 0.2) is 0 Å². The van der Waals surface area contributed by atoms with Gasteiger partial charge in [-0.3, -0.25) is 14.5 Å². The molecule has 6 heteroatoms. The molecule has 210 valence electrons. The fourth-order valence-corrected chi connectivity index (χ4v) is 4.82. The van der Waals surface area contributed by atoms with Crippen LogP contribution in [0.1, 0.15) is 69.8 Å². The van der Waals surface area contributed by atoms with Gasteiger partial charge in [-0.15, -0.1) is 0 Å². The summed E-state index contributed by atoms with van der Waals surface area (Å²) >= 11 is 0. The van der Waals surface area contributed by atoms with Crippen LogP contribution in [0.25, 0.3) is 5.76 Å². The first-order valence-electron chi connectivity index (χ1n) is 13.8. The van der Waals surface area contributed by atoms with E-state index in [1.165, 1.54) is 4.90 Å². The zero-order chi connectivity index (χ0) is 29.2. The average Bonchev–Trinajstić information content (AvgIpc) is 3.17. The smallest absolute Gasteiger partial charge is 0.300 e. The fourth-order valence-electron chi connectivity index (χ4n) is 4.82. The summed E-state index contributed by atoms with van der Waals surface area (Å²) in [5.74, 6) is 0.128. The molecule has 1 N–H and O–H groups in total. The Labute approximate surface area is 237 Å². The third-order valence-corrected chi connectivity index (χ3v) is 6.98. The summed E-state index contributed by atoms with van der Waals surface area (Å²) in [7, 11) is 0. The number of benzene rings is 3. The molecule has 1 heterocycles. The first-order valence-corrected chi connectivity index (χ1v) is 13.8. The van der Waals surface area contributed by atoms with Gasteiger partial charge in [0.2, 0.25) is 0 Å². The molecule has 0 spiro atoms. The maximum atomic E-state index is 13.6. The highest BCUT2D eigenvalue weighted by molar-refractivity contribution is 6.51. The minimum absolute atomic E-state index is 0.0534. The van der Waals surface area contributed by atoms with Crippen LogP contribution in [0, 0.1) is 12.8 Å². The third-order valence-electron chi connectivity index (χ3n) is 6.98. The molecule has 1 aliphatic rings. The maximum absolute atomic E-state index is 13.6. The molecule has 1 fully saturated rings. The molecule has 6 nitrogen and oxygen atoms in total.